The van der Waals surface area contributed by atoms with E-state index in [-0.39, 0.29) is 0 Å². The first-order valence-corrected chi connectivity index (χ1v) is 6.57. The Morgan fingerprint density at radius 1 is 1.35 bits per heavy atom. The maximum Gasteiger partial charge on any atom is 0.0455 e. The second kappa shape index (κ2) is 6.27. The summed E-state index contributed by atoms with van der Waals surface area (Å²) in [6, 6.07) is 4.56. The van der Waals surface area contributed by atoms with Crippen LogP contribution in [0.1, 0.15) is 31.9 Å². The van der Waals surface area contributed by atoms with Crippen LogP contribution in [0.2, 0.25) is 5.02 Å². The molecule has 3 heteroatoms. The number of hydrogen-bond acceptors (Lipinski definition) is 2. The molecular formula is C14H23ClN2. The van der Waals surface area contributed by atoms with Gasteiger partial charge >= 0.3 is 0 Å². The summed E-state index contributed by atoms with van der Waals surface area (Å²) in [5, 5.41) is 4.28. The highest BCUT2D eigenvalue weighted by Crippen LogP contribution is 2.28. The van der Waals surface area contributed by atoms with E-state index in [1.807, 2.05) is 6.07 Å². The van der Waals surface area contributed by atoms with Crippen molar-refractivity contribution in [1.29, 1.82) is 0 Å². The van der Waals surface area contributed by atoms with Crippen LogP contribution in [0.4, 0.5) is 5.69 Å². The van der Waals surface area contributed by atoms with Crippen molar-refractivity contribution in [3.05, 3.63) is 28.3 Å². The lowest BCUT2D eigenvalue weighted by Crippen LogP contribution is -2.23. The average molecular weight is 255 g/mol. The Hall–Kier alpha value is -0.730. The van der Waals surface area contributed by atoms with Crippen LogP contribution in [0.5, 0.6) is 0 Å². The van der Waals surface area contributed by atoms with Gasteiger partial charge in [0.25, 0.3) is 0 Å². The molecule has 0 spiro atoms. The molecule has 0 atom stereocenters. The molecular weight excluding hydrogens is 232 g/mol. The van der Waals surface area contributed by atoms with Gasteiger partial charge in [-0.3, -0.25) is 0 Å². The minimum absolute atomic E-state index is 0.470. The second-order valence-corrected chi connectivity index (χ2v) is 5.13. The van der Waals surface area contributed by atoms with Crippen molar-refractivity contribution in [1.82, 2.24) is 5.32 Å². The molecule has 1 aromatic rings. The van der Waals surface area contributed by atoms with Crippen molar-refractivity contribution in [3.8, 4) is 0 Å². The molecule has 96 valence electrons. The number of benzene rings is 1. The fraction of sp³-hybridized carbons (Fsp3) is 0.571. The number of halogens is 1. The van der Waals surface area contributed by atoms with Crippen LogP contribution in [0.25, 0.3) is 0 Å². The minimum atomic E-state index is 0.470. The highest BCUT2D eigenvalue weighted by Gasteiger charge is 2.11. The Bertz CT molecular complexity index is 375. The van der Waals surface area contributed by atoms with E-state index in [1.54, 1.807) is 0 Å². The van der Waals surface area contributed by atoms with Crippen LogP contribution in [0.15, 0.2) is 12.1 Å². The molecule has 0 amide bonds. The van der Waals surface area contributed by atoms with E-state index in [0.29, 0.717) is 6.04 Å². The monoisotopic (exact) mass is 254 g/mol. The molecule has 17 heavy (non-hydrogen) atoms. The fourth-order valence-corrected chi connectivity index (χ4v) is 2.09. The summed E-state index contributed by atoms with van der Waals surface area (Å²) in [4.78, 5) is 2.24. The third-order valence-electron chi connectivity index (χ3n) is 3.09. The van der Waals surface area contributed by atoms with Crippen molar-refractivity contribution in [2.75, 3.05) is 18.5 Å². The summed E-state index contributed by atoms with van der Waals surface area (Å²) >= 11 is 6.27. The first-order chi connectivity index (χ1) is 7.97. The van der Waals surface area contributed by atoms with E-state index >= 15 is 0 Å². The SMILES string of the molecule is CCN(C)c1ccc(Cl)c(CNC(C)C)c1C. The van der Waals surface area contributed by atoms with Gasteiger partial charge in [0.2, 0.25) is 0 Å². The van der Waals surface area contributed by atoms with Gasteiger partial charge < -0.3 is 10.2 Å². The molecule has 0 saturated carbocycles. The van der Waals surface area contributed by atoms with Gasteiger partial charge in [-0.1, -0.05) is 25.4 Å². The van der Waals surface area contributed by atoms with Crippen molar-refractivity contribution < 1.29 is 0 Å². The van der Waals surface area contributed by atoms with Crippen LogP contribution in [0, 0.1) is 6.92 Å². The highest BCUT2D eigenvalue weighted by molar-refractivity contribution is 6.31. The topological polar surface area (TPSA) is 15.3 Å². The van der Waals surface area contributed by atoms with Crippen LogP contribution < -0.4 is 10.2 Å². The summed E-state index contributed by atoms with van der Waals surface area (Å²) in [5.74, 6) is 0. The summed E-state index contributed by atoms with van der Waals surface area (Å²) in [5.41, 5.74) is 3.74. The van der Waals surface area contributed by atoms with E-state index in [1.165, 1.54) is 16.8 Å². The van der Waals surface area contributed by atoms with E-state index in [4.69, 9.17) is 11.6 Å². The molecule has 0 aliphatic heterocycles. The first-order valence-electron chi connectivity index (χ1n) is 6.19. The molecule has 0 heterocycles. The molecule has 0 radical (unpaired) electrons. The number of rotatable bonds is 5. The third-order valence-corrected chi connectivity index (χ3v) is 3.44. The Morgan fingerprint density at radius 3 is 2.53 bits per heavy atom. The van der Waals surface area contributed by atoms with Gasteiger partial charge in [-0.25, -0.2) is 0 Å². The molecule has 0 unspecified atom stereocenters. The van der Waals surface area contributed by atoms with E-state index in [2.05, 4.69) is 51.0 Å². The summed E-state index contributed by atoms with van der Waals surface area (Å²) in [7, 11) is 2.11. The molecule has 1 N–H and O–H groups in total. The lowest BCUT2D eigenvalue weighted by atomic mass is 10.1. The fourth-order valence-electron chi connectivity index (χ4n) is 1.82. The Balaban J connectivity index is 3.02. The van der Waals surface area contributed by atoms with Gasteiger partial charge in [0.05, 0.1) is 0 Å². The molecule has 0 bridgehead atoms. The van der Waals surface area contributed by atoms with Crippen LogP contribution in [-0.4, -0.2) is 19.6 Å². The maximum absolute atomic E-state index is 6.27. The smallest absolute Gasteiger partial charge is 0.0455 e. The maximum atomic E-state index is 6.27. The lowest BCUT2D eigenvalue weighted by molar-refractivity contribution is 0.587. The zero-order valence-electron chi connectivity index (χ0n) is 11.5. The first kappa shape index (κ1) is 14.3. The van der Waals surface area contributed by atoms with E-state index in [0.717, 1.165) is 18.1 Å². The quantitative estimate of drug-likeness (QED) is 0.864. The zero-order chi connectivity index (χ0) is 13.0. The number of anilines is 1. The van der Waals surface area contributed by atoms with Gasteiger partial charge in [0.15, 0.2) is 0 Å². The summed E-state index contributed by atoms with van der Waals surface area (Å²) in [6.45, 7) is 10.4. The second-order valence-electron chi connectivity index (χ2n) is 4.72. The van der Waals surface area contributed by atoms with Crippen LogP contribution >= 0.6 is 11.6 Å². The van der Waals surface area contributed by atoms with Gasteiger partial charge in [0, 0.05) is 36.9 Å². The third kappa shape index (κ3) is 3.62. The van der Waals surface area contributed by atoms with E-state index < -0.39 is 0 Å². The molecule has 0 aromatic heterocycles. The molecule has 0 saturated heterocycles. The van der Waals surface area contributed by atoms with Crippen LogP contribution in [0.3, 0.4) is 0 Å². The van der Waals surface area contributed by atoms with Gasteiger partial charge in [-0.2, -0.15) is 0 Å². The normalized spacial score (nSPS) is 11.0. The van der Waals surface area contributed by atoms with Gasteiger partial charge in [-0.15, -0.1) is 0 Å². The average Bonchev–Trinajstić information content (AvgIpc) is 2.27. The van der Waals surface area contributed by atoms with Crippen molar-refractivity contribution >= 4 is 17.3 Å². The Labute approximate surface area is 110 Å². The standard InChI is InChI=1S/C14H23ClN2/c1-6-17(5)14-8-7-13(15)12(11(14)4)9-16-10(2)3/h7-8,10,16H,6,9H2,1-5H3. The van der Waals surface area contributed by atoms with Gasteiger partial charge in [0.1, 0.15) is 0 Å². The van der Waals surface area contributed by atoms with Crippen molar-refractivity contribution in [3.63, 3.8) is 0 Å². The predicted molar refractivity (Wildman–Crippen MR) is 77.1 cm³/mol. The number of nitrogens with zero attached hydrogens (tertiary/aromatic N) is 1. The Morgan fingerprint density at radius 2 is 2.00 bits per heavy atom. The van der Waals surface area contributed by atoms with Gasteiger partial charge in [-0.05, 0) is 37.1 Å². The van der Waals surface area contributed by atoms with Crippen molar-refractivity contribution in [2.45, 2.75) is 40.3 Å². The Kier molecular flexibility index (Phi) is 5.29. The molecule has 2 nitrogen and oxygen atoms in total. The predicted octanol–water partition coefficient (Wildman–Crippen LogP) is 3.60. The lowest BCUT2D eigenvalue weighted by Gasteiger charge is -2.22. The number of hydrogen-bond donors (Lipinski definition) is 1. The number of nitrogens with one attached hydrogen (secondary N) is 1. The molecule has 0 fully saturated rings. The summed E-state index contributed by atoms with van der Waals surface area (Å²) < 4.78 is 0. The minimum Gasteiger partial charge on any atom is -0.375 e. The van der Waals surface area contributed by atoms with Crippen molar-refractivity contribution in [2.24, 2.45) is 0 Å². The molecule has 1 aromatic carbocycles. The van der Waals surface area contributed by atoms with Crippen LogP contribution in [-0.2, 0) is 6.54 Å². The summed E-state index contributed by atoms with van der Waals surface area (Å²) in [6.07, 6.45) is 0. The molecule has 0 aliphatic rings. The highest BCUT2D eigenvalue weighted by atomic mass is 35.5. The largest absolute Gasteiger partial charge is 0.375 e. The molecule has 0 aliphatic carbocycles. The van der Waals surface area contributed by atoms with E-state index in [9.17, 15) is 0 Å². The zero-order valence-corrected chi connectivity index (χ0v) is 12.2. The molecule has 1 rings (SSSR count).